The molecule has 0 amide bonds. The second kappa shape index (κ2) is 4.33. The van der Waals surface area contributed by atoms with E-state index in [2.05, 4.69) is 4.74 Å². The lowest BCUT2D eigenvalue weighted by atomic mass is 10.0. The van der Waals surface area contributed by atoms with E-state index in [1.54, 1.807) is 0 Å². The third kappa shape index (κ3) is 5.26. The minimum absolute atomic E-state index is 0.0954. The van der Waals surface area contributed by atoms with Crippen molar-refractivity contribution in [2.45, 2.75) is 37.6 Å². The normalized spacial score (nSPS) is 12.4. The molecule has 0 aliphatic carbocycles. The lowest BCUT2D eigenvalue weighted by Crippen LogP contribution is -2.36. The maximum Gasteiger partial charge on any atom is 0.396 e. The van der Waals surface area contributed by atoms with Gasteiger partial charge in [-0.05, 0) is 20.8 Å². The van der Waals surface area contributed by atoms with Crippen LogP contribution in [-0.4, -0.2) is 22.2 Å². The maximum absolute atomic E-state index is 12.3. The maximum atomic E-state index is 12.3. The summed E-state index contributed by atoms with van der Waals surface area (Å²) < 4.78 is 29.1. The molecule has 0 aromatic heterocycles. The van der Waals surface area contributed by atoms with Crippen molar-refractivity contribution in [1.82, 2.24) is 0 Å². The van der Waals surface area contributed by atoms with Gasteiger partial charge in [0.15, 0.2) is 0 Å². The van der Waals surface area contributed by atoms with Crippen LogP contribution in [0.2, 0.25) is 0 Å². The van der Waals surface area contributed by atoms with Crippen molar-refractivity contribution in [2.75, 3.05) is 0 Å². The second-order valence-corrected chi connectivity index (χ2v) is 4.52. The van der Waals surface area contributed by atoms with Crippen LogP contribution >= 0.6 is 15.9 Å². The third-order valence-electron chi connectivity index (χ3n) is 1.28. The smallest absolute Gasteiger partial charge is 0.396 e. The average molecular weight is 273 g/mol. The van der Waals surface area contributed by atoms with E-state index >= 15 is 0 Å². The number of hydrogen-bond acceptors (Lipinski definition) is 3. The lowest BCUT2D eigenvalue weighted by Gasteiger charge is -2.24. The van der Waals surface area contributed by atoms with Gasteiger partial charge in [0, 0.05) is 22.4 Å². The molecule has 0 atom stereocenters. The molecule has 14 heavy (non-hydrogen) atoms. The zero-order valence-electron chi connectivity index (χ0n) is 8.07. The van der Waals surface area contributed by atoms with Crippen LogP contribution in [0, 0.1) is 0 Å². The van der Waals surface area contributed by atoms with Gasteiger partial charge >= 0.3 is 10.8 Å². The van der Waals surface area contributed by atoms with E-state index in [-0.39, 0.29) is 12.2 Å². The second-order valence-electron chi connectivity index (χ2n) is 3.53. The van der Waals surface area contributed by atoms with E-state index < -0.39 is 16.4 Å². The lowest BCUT2D eigenvalue weighted by molar-refractivity contribution is -0.173. The minimum atomic E-state index is -3.71. The quantitative estimate of drug-likeness (QED) is 0.583. The Labute approximate surface area is 88.9 Å². The molecule has 0 fully saturated rings. The molecule has 0 aromatic rings. The monoisotopic (exact) mass is 272 g/mol. The Hall–Kier alpha value is -0.520. The predicted octanol–water partition coefficient (Wildman–Crippen LogP) is 2.28. The molecule has 0 aliphatic rings. The van der Waals surface area contributed by atoms with Crippen LogP contribution in [0.25, 0.3) is 0 Å². The number of esters is 1. The zero-order chi connectivity index (χ0) is 11.6. The first-order valence-electron chi connectivity index (χ1n) is 3.84. The molecule has 0 aliphatic heterocycles. The van der Waals surface area contributed by atoms with Crippen molar-refractivity contribution in [3.8, 4) is 0 Å². The van der Waals surface area contributed by atoms with Crippen LogP contribution in [-0.2, 0) is 14.3 Å². The van der Waals surface area contributed by atoms with Crippen molar-refractivity contribution < 1.29 is 23.1 Å². The zero-order valence-corrected chi connectivity index (χ0v) is 9.65. The van der Waals surface area contributed by atoms with Crippen molar-refractivity contribution in [2.24, 2.45) is 0 Å². The highest BCUT2D eigenvalue weighted by Crippen LogP contribution is 2.27. The number of ether oxygens (including phenoxy) is 1. The van der Waals surface area contributed by atoms with Crippen molar-refractivity contribution >= 4 is 27.7 Å². The van der Waals surface area contributed by atoms with Gasteiger partial charge in [-0.3, -0.25) is 4.79 Å². The topological polar surface area (TPSA) is 43.4 Å². The van der Waals surface area contributed by atoms with Crippen LogP contribution in [0.1, 0.15) is 27.2 Å². The van der Waals surface area contributed by atoms with Gasteiger partial charge in [0.1, 0.15) is 11.4 Å². The summed E-state index contributed by atoms with van der Waals surface area (Å²) in [7, 11) is 0. The van der Waals surface area contributed by atoms with Gasteiger partial charge in [-0.2, -0.15) is 8.78 Å². The number of halogens is 3. The van der Waals surface area contributed by atoms with Crippen LogP contribution in [0.5, 0.6) is 0 Å². The van der Waals surface area contributed by atoms with Crippen molar-refractivity contribution in [3.63, 3.8) is 0 Å². The Bertz CT molecular complexity index is 245. The first kappa shape index (κ1) is 13.5. The van der Waals surface area contributed by atoms with Crippen LogP contribution in [0.4, 0.5) is 8.78 Å². The summed E-state index contributed by atoms with van der Waals surface area (Å²) in [6, 6.07) is 0. The Morgan fingerprint density at radius 3 is 2.07 bits per heavy atom. The highest BCUT2D eigenvalue weighted by atomic mass is 79.9. The largest absolute Gasteiger partial charge is 0.454 e. The highest BCUT2D eigenvalue weighted by molar-refractivity contribution is 9.10. The van der Waals surface area contributed by atoms with Gasteiger partial charge in [-0.15, -0.1) is 0 Å². The number of carbonyl (C=O) groups excluding carboxylic acids is 2. The van der Waals surface area contributed by atoms with Gasteiger partial charge < -0.3 is 4.74 Å². The fraction of sp³-hybridized carbons (Fsp3) is 0.750. The first-order valence-corrected chi connectivity index (χ1v) is 4.63. The van der Waals surface area contributed by atoms with Crippen LogP contribution in [0.3, 0.4) is 0 Å². The molecule has 0 radical (unpaired) electrons. The molecule has 0 heterocycles. The number of ketones is 1. The molecule has 0 rings (SSSR count). The number of Topliss-reactive ketones (excluding diaryl/α,β-unsaturated/α-hetero) is 1. The van der Waals surface area contributed by atoms with E-state index in [1.807, 2.05) is 15.9 Å². The summed E-state index contributed by atoms with van der Waals surface area (Å²) in [5, 5.41) is 0. The Morgan fingerprint density at radius 1 is 1.36 bits per heavy atom. The van der Waals surface area contributed by atoms with Gasteiger partial charge in [0.05, 0.1) is 0 Å². The van der Waals surface area contributed by atoms with E-state index in [0.717, 1.165) is 0 Å². The van der Waals surface area contributed by atoms with E-state index in [0.29, 0.717) is 0 Å². The fourth-order valence-electron chi connectivity index (χ4n) is 0.944. The number of carbonyl (C=O) groups is 2. The highest BCUT2D eigenvalue weighted by Gasteiger charge is 2.40. The van der Waals surface area contributed by atoms with Crippen LogP contribution in [0.15, 0.2) is 0 Å². The Balaban J connectivity index is 4.37. The van der Waals surface area contributed by atoms with Crippen LogP contribution < -0.4 is 0 Å². The van der Waals surface area contributed by atoms with E-state index in [1.165, 1.54) is 20.8 Å². The van der Waals surface area contributed by atoms with E-state index in [9.17, 15) is 18.4 Å². The summed E-state index contributed by atoms with van der Waals surface area (Å²) >= 11 is 1.87. The van der Waals surface area contributed by atoms with Gasteiger partial charge in [0.2, 0.25) is 0 Å². The fourth-order valence-corrected chi connectivity index (χ4v) is 1.03. The van der Waals surface area contributed by atoms with Gasteiger partial charge in [-0.25, -0.2) is 4.79 Å². The molecule has 6 heteroatoms. The summed E-state index contributed by atoms with van der Waals surface area (Å²) in [6.45, 7) is 4.08. The Kier molecular flexibility index (Phi) is 4.17. The van der Waals surface area contributed by atoms with Crippen molar-refractivity contribution in [1.29, 1.82) is 0 Å². The molecule has 0 unspecified atom stereocenters. The molecule has 82 valence electrons. The van der Waals surface area contributed by atoms with Crippen molar-refractivity contribution in [3.05, 3.63) is 0 Å². The summed E-state index contributed by atoms with van der Waals surface area (Å²) in [5.41, 5.74) is -1.21. The molecule has 0 saturated carbocycles. The molecule has 0 N–H and O–H groups in total. The molecular weight excluding hydrogens is 262 g/mol. The Morgan fingerprint density at radius 2 is 1.79 bits per heavy atom. The standard InChI is InChI=1S/C8H11BrF2O3/c1-5(12)4-7(2,3)14-6(13)8(9,10)11/h4H2,1-3H3. The summed E-state index contributed by atoms with van der Waals surface area (Å²) in [6.07, 6.45) is -0.0954. The number of rotatable bonds is 4. The molecular formula is C8H11BrF2O3. The minimum Gasteiger partial charge on any atom is -0.454 e. The molecule has 0 spiro atoms. The molecule has 0 saturated heterocycles. The molecule has 0 aromatic carbocycles. The van der Waals surface area contributed by atoms with Gasteiger partial charge in [0.25, 0.3) is 0 Å². The third-order valence-corrected chi connectivity index (χ3v) is 1.60. The molecule has 0 bridgehead atoms. The number of hydrogen-bond donors (Lipinski definition) is 0. The van der Waals surface area contributed by atoms with E-state index in [4.69, 9.17) is 0 Å². The SMILES string of the molecule is CC(=O)CC(C)(C)OC(=O)C(F)(F)Br. The average Bonchev–Trinajstić information content (AvgIpc) is 1.79. The number of alkyl halides is 3. The first-order chi connectivity index (χ1) is 6.04. The predicted molar refractivity (Wildman–Crippen MR) is 49.3 cm³/mol. The molecule has 3 nitrogen and oxygen atoms in total. The summed E-state index contributed by atoms with van der Waals surface area (Å²) in [5.74, 6) is -1.93. The summed E-state index contributed by atoms with van der Waals surface area (Å²) in [4.78, 5) is 17.7. The van der Waals surface area contributed by atoms with Gasteiger partial charge in [-0.1, -0.05) is 0 Å².